The Morgan fingerprint density at radius 2 is 1.31 bits per heavy atom. The molecule has 4 aromatic carbocycles. The molecule has 0 spiro atoms. The summed E-state index contributed by atoms with van der Waals surface area (Å²) < 4.78 is 92.2. The summed E-state index contributed by atoms with van der Waals surface area (Å²) >= 11 is 0. The standard InChI is InChI=1S/C38H38N2O8S3/c1-4-39(26-28-10-8-12-34(24-28)49(3,41)42)32-20-16-30(17-21-32)38(36-14-6-7-15-37(36)51(46,47)48)31-18-22-33(23-19-31)40(5-2)27-29-11-9-13-35(25-29)50(43,44)45/h6-25H,3-5,26-27H2,1-2H3,(H2-,41,42,43,44,45,46,47,48)/p+1. The molecule has 0 aromatic heterocycles. The second-order valence-corrected chi connectivity index (χ2v) is 16.4. The number of anilines is 1. The van der Waals surface area contributed by atoms with Crippen LogP contribution in [0.3, 0.4) is 0 Å². The highest BCUT2D eigenvalue weighted by Gasteiger charge is 2.22. The number of hydrogen-bond donors (Lipinski definition) is 3. The molecular weight excluding hydrogens is 709 g/mol. The van der Waals surface area contributed by atoms with Gasteiger partial charge in [-0.2, -0.15) is 16.8 Å². The van der Waals surface area contributed by atoms with E-state index in [4.69, 9.17) is 0 Å². The second kappa shape index (κ2) is 15.3. The summed E-state index contributed by atoms with van der Waals surface area (Å²) in [6, 6.07) is 26.8. The van der Waals surface area contributed by atoms with Crippen molar-refractivity contribution in [2.45, 2.75) is 41.6 Å². The molecule has 3 N–H and O–H groups in total. The minimum absolute atomic E-state index is 0.183. The van der Waals surface area contributed by atoms with Crippen molar-refractivity contribution in [2.24, 2.45) is 0 Å². The van der Waals surface area contributed by atoms with Gasteiger partial charge in [0.15, 0.2) is 12.3 Å². The maximum Gasteiger partial charge on any atom is 0.295 e. The number of hydrogen-bond acceptors (Lipinski definition) is 6. The van der Waals surface area contributed by atoms with Crippen LogP contribution in [0.25, 0.3) is 5.57 Å². The van der Waals surface area contributed by atoms with E-state index in [1.54, 1.807) is 48.5 Å². The maximum absolute atomic E-state index is 12.5. The second-order valence-electron chi connectivity index (χ2n) is 11.9. The van der Waals surface area contributed by atoms with Crippen molar-refractivity contribution in [2.75, 3.05) is 18.0 Å². The number of allylic oxidation sites excluding steroid dienone is 5. The van der Waals surface area contributed by atoms with Crippen molar-refractivity contribution in [3.63, 3.8) is 0 Å². The summed E-state index contributed by atoms with van der Waals surface area (Å²) in [5, 5.41) is 0. The van der Waals surface area contributed by atoms with E-state index < -0.39 is 30.0 Å². The van der Waals surface area contributed by atoms with E-state index in [1.165, 1.54) is 18.2 Å². The van der Waals surface area contributed by atoms with Crippen molar-refractivity contribution in [3.8, 4) is 0 Å². The van der Waals surface area contributed by atoms with Crippen LogP contribution < -0.4 is 4.90 Å². The molecule has 0 radical (unpaired) electrons. The van der Waals surface area contributed by atoms with Crippen molar-refractivity contribution in [1.82, 2.24) is 0 Å². The van der Waals surface area contributed by atoms with E-state index in [0.717, 1.165) is 17.0 Å². The summed E-state index contributed by atoms with van der Waals surface area (Å²) in [5.74, 6) is 3.37. The van der Waals surface area contributed by atoms with Crippen LogP contribution in [0, 0.1) is 0 Å². The molecule has 5 rings (SSSR count). The van der Waals surface area contributed by atoms with Gasteiger partial charge in [-0.05, 0) is 96.6 Å². The first-order valence-electron chi connectivity index (χ1n) is 16.0. The van der Waals surface area contributed by atoms with Gasteiger partial charge in [-0.3, -0.25) is 9.11 Å². The maximum atomic E-state index is 12.5. The molecule has 0 bridgehead atoms. The number of nitrogens with zero attached hydrogens (tertiary/aromatic N) is 2. The largest absolute Gasteiger partial charge is 0.367 e. The van der Waals surface area contributed by atoms with Crippen molar-refractivity contribution in [3.05, 3.63) is 149 Å². The van der Waals surface area contributed by atoms with Gasteiger partial charge >= 0.3 is 0 Å². The Kier molecular flexibility index (Phi) is 11.3. The Morgan fingerprint density at radius 1 is 0.706 bits per heavy atom. The van der Waals surface area contributed by atoms with Gasteiger partial charge in [0.25, 0.3) is 20.2 Å². The zero-order valence-corrected chi connectivity index (χ0v) is 30.5. The van der Waals surface area contributed by atoms with Gasteiger partial charge in [-0.1, -0.05) is 54.6 Å². The molecule has 51 heavy (non-hydrogen) atoms. The smallest absolute Gasteiger partial charge is 0.295 e. The summed E-state index contributed by atoms with van der Waals surface area (Å²) in [6.45, 7) is 6.03. The van der Waals surface area contributed by atoms with Gasteiger partial charge in [0.05, 0.1) is 9.79 Å². The zero-order chi connectivity index (χ0) is 37.0. The molecule has 10 nitrogen and oxygen atoms in total. The molecule has 1 aliphatic rings. The average Bonchev–Trinajstić information content (AvgIpc) is 3.10. The lowest BCUT2D eigenvalue weighted by atomic mass is 9.90. The summed E-state index contributed by atoms with van der Waals surface area (Å²) in [5.41, 5.74) is 5.52. The van der Waals surface area contributed by atoms with E-state index in [0.29, 0.717) is 54.0 Å². The molecule has 0 fully saturated rings. The van der Waals surface area contributed by atoms with E-state index in [-0.39, 0.29) is 14.7 Å². The Bertz CT molecular complexity index is 2390. The van der Waals surface area contributed by atoms with Crippen LogP contribution in [-0.2, 0) is 43.1 Å². The molecule has 0 saturated heterocycles. The fraction of sp³-hybridized carbons (Fsp3) is 0.158. The molecule has 0 aliphatic heterocycles. The topological polar surface area (TPSA) is 152 Å². The minimum Gasteiger partial charge on any atom is -0.367 e. The van der Waals surface area contributed by atoms with Crippen LogP contribution in [0.1, 0.15) is 36.1 Å². The summed E-state index contributed by atoms with van der Waals surface area (Å²) in [6.07, 6.45) is 7.51. The molecule has 266 valence electrons. The summed E-state index contributed by atoms with van der Waals surface area (Å²) in [4.78, 5) is 1.93. The lowest BCUT2D eigenvalue weighted by Gasteiger charge is -2.24. The SMILES string of the molecule is C=S(=O)(O)c1cccc(CN(CC)c2ccc(C(=C3C=CC(=[N+](CC)Cc4cccc(S(=O)(=O)O)c4)C=C3)c3ccccc3S(=O)(=O)O)cc2)c1. The molecule has 13 heteroatoms. The Labute approximate surface area is 299 Å². The van der Waals surface area contributed by atoms with E-state index in [1.807, 2.05) is 73.1 Å². The molecule has 0 amide bonds. The third kappa shape index (κ3) is 9.19. The molecule has 0 heterocycles. The normalized spacial score (nSPS) is 14.3. The quantitative estimate of drug-likeness (QED) is 0.0855. The molecule has 4 aromatic rings. The van der Waals surface area contributed by atoms with Crippen LogP contribution in [0.2, 0.25) is 0 Å². The highest BCUT2D eigenvalue weighted by Crippen LogP contribution is 2.35. The van der Waals surface area contributed by atoms with E-state index in [2.05, 4.69) is 10.8 Å². The fourth-order valence-electron chi connectivity index (χ4n) is 5.91. The van der Waals surface area contributed by atoms with Gasteiger partial charge in [0.2, 0.25) is 0 Å². The lowest BCUT2D eigenvalue weighted by Crippen LogP contribution is -2.22. The predicted octanol–water partition coefficient (Wildman–Crippen LogP) is 6.36. The third-order valence-electron chi connectivity index (χ3n) is 8.45. The van der Waals surface area contributed by atoms with Crippen LogP contribution in [-0.4, -0.2) is 63.9 Å². The monoisotopic (exact) mass is 747 g/mol. The first-order chi connectivity index (χ1) is 24.1. The van der Waals surface area contributed by atoms with Gasteiger partial charge in [-0.25, -0.2) is 8.78 Å². The van der Waals surface area contributed by atoms with Gasteiger partial charge < -0.3 is 9.45 Å². The Balaban J connectivity index is 1.54. The summed E-state index contributed by atoms with van der Waals surface area (Å²) in [7, 11) is -12.3. The van der Waals surface area contributed by atoms with E-state index in [9.17, 15) is 34.7 Å². The first-order valence-corrected chi connectivity index (χ1v) is 20.5. The van der Waals surface area contributed by atoms with Crippen molar-refractivity contribution >= 4 is 52.9 Å². The van der Waals surface area contributed by atoms with Crippen LogP contribution in [0.5, 0.6) is 0 Å². The average molecular weight is 748 g/mol. The van der Waals surface area contributed by atoms with Crippen LogP contribution in [0.4, 0.5) is 5.69 Å². The highest BCUT2D eigenvalue weighted by atomic mass is 32.2. The Hall–Kier alpha value is -4.63. The molecule has 1 aliphatic carbocycles. The fourth-order valence-corrected chi connectivity index (χ4v) is 7.79. The van der Waals surface area contributed by atoms with Crippen molar-refractivity contribution < 1.29 is 39.3 Å². The minimum atomic E-state index is -4.58. The zero-order valence-electron chi connectivity index (χ0n) is 28.1. The molecule has 1 unspecified atom stereocenters. The van der Waals surface area contributed by atoms with Gasteiger partial charge in [-0.15, -0.1) is 0 Å². The first kappa shape index (κ1) is 37.6. The van der Waals surface area contributed by atoms with Gasteiger partial charge in [0.1, 0.15) is 21.2 Å². The number of benzene rings is 4. The Morgan fingerprint density at radius 3 is 1.90 bits per heavy atom. The molecule has 0 saturated carbocycles. The lowest BCUT2D eigenvalue weighted by molar-refractivity contribution is -0.539. The highest BCUT2D eigenvalue weighted by molar-refractivity contribution is 7.95. The van der Waals surface area contributed by atoms with Gasteiger partial charge in [0, 0.05) is 42.1 Å². The number of rotatable bonds is 12. The molecular formula is C38H39N2O8S3+. The third-order valence-corrected chi connectivity index (χ3v) is 11.2. The van der Waals surface area contributed by atoms with Crippen molar-refractivity contribution in [1.29, 1.82) is 0 Å². The van der Waals surface area contributed by atoms with Crippen LogP contribution in [0.15, 0.2) is 142 Å². The van der Waals surface area contributed by atoms with E-state index >= 15 is 0 Å². The van der Waals surface area contributed by atoms with Crippen LogP contribution >= 0.6 is 0 Å². The molecule has 1 atom stereocenters. The predicted molar refractivity (Wildman–Crippen MR) is 202 cm³/mol.